The number of thiophene rings is 1. The summed E-state index contributed by atoms with van der Waals surface area (Å²) in [4.78, 5) is 20.9. The number of pyridine rings is 1. The van der Waals surface area contributed by atoms with Crippen LogP contribution in [0.4, 0.5) is 0 Å². The van der Waals surface area contributed by atoms with Crippen LogP contribution in [0.15, 0.2) is 29.8 Å². The van der Waals surface area contributed by atoms with Gasteiger partial charge in [-0.25, -0.2) is 9.67 Å². The Morgan fingerprint density at radius 1 is 1.36 bits per heavy atom. The maximum Gasteiger partial charge on any atom is 0.254 e. The summed E-state index contributed by atoms with van der Waals surface area (Å²) in [5, 5.41) is 7.42. The number of hydrogen-bond acceptors (Lipinski definition) is 4. The summed E-state index contributed by atoms with van der Waals surface area (Å²) >= 11 is 1.70. The average molecular weight is 354 g/mol. The molecule has 6 heteroatoms. The lowest BCUT2D eigenvalue weighted by atomic mass is 9.98. The number of piperidine rings is 1. The van der Waals surface area contributed by atoms with Crippen LogP contribution in [0, 0.1) is 12.8 Å². The van der Waals surface area contributed by atoms with E-state index in [0.29, 0.717) is 12.5 Å². The molecule has 0 aromatic carbocycles. The van der Waals surface area contributed by atoms with Crippen molar-refractivity contribution in [1.29, 1.82) is 0 Å². The number of aromatic nitrogens is 3. The van der Waals surface area contributed by atoms with Crippen LogP contribution in [0.5, 0.6) is 0 Å². The predicted molar refractivity (Wildman–Crippen MR) is 100.0 cm³/mol. The van der Waals surface area contributed by atoms with Gasteiger partial charge < -0.3 is 4.90 Å². The topological polar surface area (TPSA) is 51.0 Å². The third-order valence-electron chi connectivity index (χ3n) is 4.92. The van der Waals surface area contributed by atoms with E-state index in [1.807, 2.05) is 28.6 Å². The largest absolute Gasteiger partial charge is 0.339 e. The number of aryl methyl sites for hydroxylation is 1. The Morgan fingerprint density at radius 3 is 2.88 bits per heavy atom. The van der Waals surface area contributed by atoms with Gasteiger partial charge in [-0.2, -0.15) is 5.10 Å². The maximum atomic E-state index is 13.1. The van der Waals surface area contributed by atoms with Gasteiger partial charge in [0.15, 0.2) is 5.65 Å². The second kappa shape index (κ2) is 6.59. The first kappa shape index (κ1) is 16.3. The zero-order valence-corrected chi connectivity index (χ0v) is 15.4. The molecule has 0 saturated carbocycles. The molecule has 0 bridgehead atoms. The lowest BCUT2D eigenvalue weighted by Gasteiger charge is -2.30. The number of rotatable bonds is 3. The van der Waals surface area contributed by atoms with Crippen LogP contribution in [0.3, 0.4) is 0 Å². The molecule has 0 N–H and O–H groups in total. The van der Waals surface area contributed by atoms with Gasteiger partial charge >= 0.3 is 0 Å². The van der Waals surface area contributed by atoms with E-state index in [4.69, 9.17) is 0 Å². The second-order valence-corrected chi connectivity index (χ2v) is 7.94. The summed E-state index contributed by atoms with van der Waals surface area (Å²) in [6, 6.07) is 6.03. The molecular formula is C19H22N4OS. The zero-order chi connectivity index (χ0) is 17.4. The van der Waals surface area contributed by atoms with Gasteiger partial charge in [-0.3, -0.25) is 4.79 Å². The van der Waals surface area contributed by atoms with Gasteiger partial charge in [0.2, 0.25) is 0 Å². The van der Waals surface area contributed by atoms with Crippen LogP contribution in [-0.4, -0.2) is 38.7 Å². The molecule has 1 fully saturated rings. The van der Waals surface area contributed by atoms with E-state index < -0.39 is 0 Å². The van der Waals surface area contributed by atoms with Crippen molar-refractivity contribution in [1.82, 2.24) is 19.7 Å². The number of fused-ring (bicyclic) bond motifs is 1. The normalized spacial score (nSPS) is 15.8. The highest BCUT2D eigenvalue weighted by atomic mass is 32.1. The highest BCUT2D eigenvalue weighted by Crippen LogP contribution is 2.24. The SMILES string of the molecule is Cc1cc(C(=O)N2CCC(C)CC2)c2cnn(Cc3cccs3)c2n1. The van der Waals surface area contributed by atoms with Crippen molar-refractivity contribution in [2.45, 2.75) is 33.2 Å². The van der Waals surface area contributed by atoms with Crippen molar-refractivity contribution in [3.05, 3.63) is 45.9 Å². The average Bonchev–Trinajstić information content (AvgIpc) is 3.25. The molecular weight excluding hydrogens is 332 g/mol. The number of likely N-dealkylation sites (tertiary alicyclic amines) is 1. The van der Waals surface area contributed by atoms with E-state index in [0.717, 1.165) is 48.2 Å². The Balaban J connectivity index is 1.69. The summed E-state index contributed by atoms with van der Waals surface area (Å²) in [7, 11) is 0. The number of carbonyl (C=O) groups excluding carboxylic acids is 1. The number of hydrogen-bond donors (Lipinski definition) is 0. The fraction of sp³-hybridized carbons (Fsp3) is 0.421. The van der Waals surface area contributed by atoms with E-state index in [-0.39, 0.29) is 5.91 Å². The first-order chi connectivity index (χ1) is 12.1. The van der Waals surface area contributed by atoms with Crippen molar-refractivity contribution in [3.63, 3.8) is 0 Å². The first-order valence-electron chi connectivity index (χ1n) is 8.76. The van der Waals surface area contributed by atoms with Crippen molar-refractivity contribution in [2.75, 3.05) is 13.1 Å². The molecule has 3 aromatic rings. The maximum absolute atomic E-state index is 13.1. The fourth-order valence-corrected chi connectivity index (χ4v) is 4.08. The number of carbonyl (C=O) groups is 1. The first-order valence-corrected chi connectivity index (χ1v) is 9.64. The lowest BCUT2D eigenvalue weighted by molar-refractivity contribution is 0.0699. The Morgan fingerprint density at radius 2 is 2.16 bits per heavy atom. The molecule has 1 amide bonds. The standard InChI is InChI=1S/C19H22N4OS/c1-13-5-7-22(8-6-13)19(24)16-10-14(2)21-18-17(16)11-20-23(18)12-15-4-3-9-25-15/h3-4,9-11,13H,5-8,12H2,1-2H3. The molecule has 0 aliphatic carbocycles. The monoisotopic (exact) mass is 354 g/mol. The fourth-order valence-electron chi connectivity index (χ4n) is 3.40. The zero-order valence-electron chi connectivity index (χ0n) is 14.6. The highest BCUT2D eigenvalue weighted by molar-refractivity contribution is 7.09. The van der Waals surface area contributed by atoms with Crippen LogP contribution in [0.1, 0.15) is 40.7 Å². The third-order valence-corrected chi connectivity index (χ3v) is 5.79. The van der Waals surface area contributed by atoms with Gasteiger partial charge in [0.25, 0.3) is 5.91 Å². The predicted octanol–water partition coefficient (Wildman–Crippen LogP) is 3.72. The molecule has 0 unspecified atom stereocenters. The second-order valence-electron chi connectivity index (χ2n) is 6.90. The molecule has 1 aliphatic heterocycles. The van der Waals surface area contributed by atoms with E-state index in [9.17, 15) is 4.79 Å². The van der Waals surface area contributed by atoms with Gasteiger partial charge in [-0.15, -0.1) is 11.3 Å². The molecule has 1 aliphatic rings. The summed E-state index contributed by atoms with van der Waals surface area (Å²) in [6.07, 6.45) is 3.95. The number of amides is 1. The van der Waals surface area contributed by atoms with Gasteiger partial charge in [0.1, 0.15) is 0 Å². The van der Waals surface area contributed by atoms with Crippen molar-refractivity contribution in [2.24, 2.45) is 5.92 Å². The molecule has 130 valence electrons. The Hall–Kier alpha value is -2.21. The van der Waals surface area contributed by atoms with E-state index >= 15 is 0 Å². The van der Waals surface area contributed by atoms with E-state index in [1.165, 1.54) is 4.88 Å². The van der Waals surface area contributed by atoms with Crippen LogP contribution in [0.25, 0.3) is 11.0 Å². The summed E-state index contributed by atoms with van der Waals surface area (Å²) in [5.74, 6) is 0.815. The van der Waals surface area contributed by atoms with Crippen LogP contribution in [0.2, 0.25) is 0 Å². The summed E-state index contributed by atoms with van der Waals surface area (Å²) in [5.41, 5.74) is 2.38. The van der Waals surface area contributed by atoms with Crippen LogP contribution >= 0.6 is 11.3 Å². The van der Waals surface area contributed by atoms with Crippen molar-refractivity contribution >= 4 is 28.3 Å². The third kappa shape index (κ3) is 3.18. The molecule has 4 rings (SSSR count). The molecule has 3 aromatic heterocycles. The molecule has 5 nitrogen and oxygen atoms in total. The van der Waals surface area contributed by atoms with Gasteiger partial charge in [0, 0.05) is 23.7 Å². The highest BCUT2D eigenvalue weighted by Gasteiger charge is 2.24. The van der Waals surface area contributed by atoms with Crippen molar-refractivity contribution in [3.8, 4) is 0 Å². The van der Waals surface area contributed by atoms with Crippen molar-refractivity contribution < 1.29 is 4.79 Å². The van der Waals surface area contributed by atoms with Gasteiger partial charge in [0.05, 0.1) is 23.7 Å². The molecule has 0 atom stereocenters. The Labute approximate surface area is 151 Å². The molecule has 1 saturated heterocycles. The molecule has 25 heavy (non-hydrogen) atoms. The minimum absolute atomic E-state index is 0.109. The quantitative estimate of drug-likeness (QED) is 0.720. The smallest absolute Gasteiger partial charge is 0.254 e. The Bertz CT molecular complexity index is 892. The van der Waals surface area contributed by atoms with E-state index in [1.54, 1.807) is 17.5 Å². The summed E-state index contributed by atoms with van der Waals surface area (Å²) < 4.78 is 1.89. The van der Waals surface area contributed by atoms with E-state index in [2.05, 4.69) is 28.5 Å². The number of nitrogens with zero attached hydrogens (tertiary/aromatic N) is 4. The molecule has 0 radical (unpaired) electrons. The van der Waals surface area contributed by atoms with Crippen LogP contribution in [-0.2, 0) is 6.54 Å². The Kier molecular flexibility index (Phi) is 4.29. The van der Waals surface area contributed by atoms with Gasteiger partial charge in [-0.1, -0.05) is 13.0 Å². The lowest BCUT2D eigenvalue weighted by Crippen LogP contribution is -2.38. The molecule has 0 spiro atoms. The van der Waals surface area contributed by atoms with Crippen LogP contribution < -0.4 is 0 Å². The minimum Gasteiger partial charge on any atom is -0.339 e. The minimum atomic E-state index is 0.109. The summed E-state index contributed by atoms with van der Waals surface area (Å²) in [6.45, 7) is 6.56. The van der Waals surface area contributed by atoms with Gasteiger partial charge in [-0.05, 0) is 43.2 Å². The molecule has 4 heterocycles.